The van der Waals surface area contributed by atoms with Crippen molar-refractivity contribution >= 4 is 27.8 Å². The van der Waals surface area contributed by atoms with E-state index < -0.39 is 23.5 Å². The van der Waals surface area contributed by atoms with Gasteiger partial charge in [0.2, 0.25) is 0 Å². The molecule has 1 aliphatic rings. The minimum atomic E-state index is -4.98. The number of nitrogens with one attached hydrogen (secondary N) is 1. The number of esters is 1. The number of anilines is 1. The minimum absolute atomic E-state index is 0.0239. The Hall–Kier alpha value is -3.27. The van der Waals surface area contributed by atoms with Gasteiger partial charge in [0, 0.05) is 36.2 Å². The number of hydrogen-bond acceptors (Lipinski definition) is 8. The molecule has 0 radical (unpaired) electrons. The monoisotopic (exact) mass is 719 g/mol. The van der Waals surface area contributed by atoms with Crippen LogP contribution in [-0.2, 0) is 42.0 Å². The second-order valence-corrected chi connectivity index (χ2v) is 12.5. The average Bonchev–Trinajstić information content (AvgIpc) is 3.41. The van der Waals surface area contributed by atoms with Gasteiger partial charge in [-0.15, -0.1) is 5.10 Å². The summed E-state index contributed by atoms with van der Waals surface area (Å²) in [7, 11) is 1.50. The lowest BCUT2D eigenvalue weighted by molar-refractivity contribution is -0.145. The Morgan fingerprint density at radius 1 is 1.04 bits per heavy atom. The first kappa shape index (κ1) is 35.6. The molecule has 2 heterocycles. The van der Waals surface area contributed by atoms with Gasteiger partial charge in [-0.25, -0.2) is 0 Å². The zero-order valence-corrected chi connectivity index (χ0v) is 27.2. The summed E-state index contributed by atoms with van der Waals surface area (Å²) < 4.78 is 87.2. The van der Waals surface area contributed by atoms with Gasteiger partial charge in [-0.05, 0) is 114 Å². The smallest absolute Gasteiger partial charge is 0.416 e. The Bertz CT molecular complexity index is 1440. The molecule has 1 aliphatic carbocycles. The molecule has 16 heteroatoms. The lowest BCUT2D eigenvalue weighted by Gasteiger charge is -2.29. The number of rotatable bonds is 12. The van der Waals surface area contributed by atoms with Gasteiger partial charge >= 0.3 is 18.3 Å². The summed E-state index contributed by atoms with van der Waals surface area (Å²) in [4.78, 5) is 19.1. The molecule has 1 saturated carbocycles. The quantitative estimate of drug-likeness (QED) is 0.158. The van der Waals surface area contributed by atoms with E-state index in [4.69, 9.17) is 4.74 Å². The van der Waals surface area contributed by atoms with Crippen molar-refractivity contribution in [3.05, 3.63) is 62.9 Å². The Balaban J connectivity index is 1.52. The van der Waals surface area contributed by atoms with Crippen LogP contribution in [0.5, 0.6) is 0 Å². The Kier molecular flexibility index (Phi) is 11.7. The number of carbonyl (C=O) groups is 1. The maximum atomic E-state index is 13.6. The van der Waals surface area contributed by atoms with Gasteiger partial charge in [0.05, 0.1) is 30.5 Å². The molecule has 1 atom stereocenters. The third-order valence-electron chi connectivity index (χ3n) is 7.98. The Morgan fingerprint density at radius 3 is 2.24 bits per heavy atom. The van der Waals surface area contributed by atoms with Crippen LogP contribution in [0.15, 0.2) is 34.9 Å². The molecule has 0 spiro atoms. The van der Waals surface area contributed by atoms with E-state index in [-0.39, 0.29) is 42.7 Å². The van der Waals surface area contributed by atoms with E-state index >= 15 is 0 Å². The molecule has 2 aromatic heterocycles. The molecule has 3 aromatic rings. The van der Waals surface area contributed by atoms with Gasteiger partial charge in [0.15, 0.2) is 0 Å². The fourth-order valence-corrected chi connectivity index (χ4v) is 6.06. The highest BCUT2D eigenvalue weighted by molar-refractivity contribution is 9.10. The van der Waals surface area contributed by atoms with Gasteiger partial charge in [-0.2, -0.15) is 31.1 Å². The Labute approximate surface area is 271 Å². The molecule has 0 aliphatic heterocycles. The number of benzene rings is 1. The number of ether oxygens (including phenoxy) is 1. The third kappa shape index (κ3) is 9.86. The maximum absolute atomic E-state index is 13.6. The summed E-state index contributed by atoms with van der Waals surface area (Å²) in [6.07, 6.45) is -4.08. The lowest BCUT2D eigenvalue weighted by atomic mass is 9.80. The molecular weight excluding hydrogens is 684 g/mol. The second-order valence-electron chi connectivity index (χ2n) is 11.6. The van der Waals surface area contributed by atoms with Crippen molar-refractivity contribution in [3.63, 3.8) is 0 Å². The predicted octanol–water partition coefficient (Wildman–Crippen LogP) is 7.02. The molecule has 0 saturated heterocycles. The number of nitrogens with zero attached hydrogens (tertiary/aromatic N) is 6. The van der Waals surface area contributed by atoms with Crippen LogP contribution in [-0.4, -0.2) is 44.3 Å². The van der Waals surface area contributed by atoms with Crippen LogP contribution >= 0.6 is 15.9 Å². The number of aryl methyl sites for hydroxylation is 1. The molecular formula is C30H36BrF6N7O2. The number of halogens is 7. The van der Waals surface area contributed by atoms with E-state index in [2.05, 4.69) is 41.6 Å². The zero-order chi connectivity index (χ0) is 33.6. The van der Waals surface area contributed by atoms with Crippen molar-refractivity contribution in [1.29, 1.82) is 0 Å². The van der Waals surface area contributed by atoms with E-state index in [1.54, 1.807) is 19.2 Å². The van der Waals surface area contributed by atoms with Crippen LogP contribution in [0.2, 0.25) is 0 Å². The maximum Gasteiger partial charge on any atom is 0.416 e. The van der Waals surface area contributed by atoms with Crippen molar-refractivity contribution < 1.29 is 35.9 Å². The van der Waals surface area contributed by atoms with Gasteiger partial charge in [-0.3, -0.25) is 9.78 Å². The van der Waals surface area contributed by atoms with E-state index in [9.17, 15) is 31.1 Å². The summed E-state index contributed by atoms with van der Waals surface area (Å²) in [5, 5.41) is 15.5. The van der Waals surface area contributed by atoms with Crippen LogP contribution in [0.4, 0.5) is 32.3 Å². The highest BCUT2D eigenvalue weighted by Crippen LogP contribution is 2.37. The summed E-state index contributed by atoms with van der Waals surface area (Å²) in [6, 6.07) is 3.07. The molecule has 9 nitrogen and oxygen atoms in total. The van der Waals surface area contributed by atoms with E-state index in [0.717, 1.165) is 30.5 Å². The number of tetrazole rings is 1. The summed E-state index contributed by atoms with van der Waals surface area (Å²) in [5.74, 6) is 0.590. The standard InChI is InChI=1S/C30H36BrF6N7O2/c1-4-46-26(45)11-19-5-7-20(8-6-19)14-38-18(2)27-22(12-25(31)15-39-27)17-44(28-40-42-43(3)41-28)16-21-9-23(29(32,33)34)13-24(10-21)30(35,36)37/h9-10,12-13,15,18-20,38H,4-8,11,14,16-17H2,1-3H3. The Morgan fingerprint density at radius 2 is 1.67 bits per heavy atom. The fourth-order valence-electron chi connectivity index (χ4n) is 5.68. The first-order chi connectivity index (χ1) is 21.6. The van der Waals surface area contributed by atoms with Crippen LogP contribution in [0.25, 0.3) is 0 Å². The van der Waals surface area contributed by atoms with Crippen molar-refractivity contribution in [2.75, 3.05) is 18.1 Å². The molecule has 1 N–H and O–H groups in total. The van der Waals surface area contributed by atoms with Crippen molar-refractivity contribution in [2.45, 2.75) is 77.4 Å². The number of alkyl halides is 6. The molecule has 1 fully saturated rings. The highest BCUT2D eigenvalue weighted by Gasteiger charge is 2.37. The largest absolute Gasteiger partial charge is 0.466 e. The van der Waals surface area contributed by atoms with Crippen LogP contribution in [0.3, 0.4) is 0 Å². The van der Waals surface area contributed by atoms with E-state index in [1.165, 1.54) is 11.9 Å². The summed E-state index contributed by atoms with van der Waals surface area (Å²) in [5.41, 5.74) is -1.69. The normalized spacial score (nSPS) is 18.0. The van der Waals surface area contributed by atoms with Crippen molar-refractivity contribution in [2.24, 2.45) is 18.9 Å². The van der Waals surface area contributed by atoms with Crippen LogP contribution in [0, 0.1) is 11.8 Å². The minimum Gasteiger partial charge on any atom is -0.466 e. The van der Waals surface area contributed by atoms with Gasteiger partial charge in [0.1, 0.15) is 0 Å². The second kappa shape index (κ2) is 15.1. The molecule has 46 heavy (non-hydrogen) atoms. The predicted molar refractivity (Wildman–Crippen MR) is 160 cm³/mol. The van der Waals surface area contributed by atoms with E-state index in [1.807, 2.05) is 6.92 Å². The molecule has 0 bridgehead atoms. The van der Waals surface area contributed by atoms with Crippen molar-refractivity contribution in [3.8, 4) is 0 Å². The summed E-state index contributed by atoms with van der Waals surface area (Å²) >= 11 is 3.43. The zero-order valence-electron chi connectivity index (χ0n) is 25.6. The fraction of sp³-hybridized carbons (Fsp3) is 0.567. The SMILES string of the molecule is CCOC(=O)CC1CCC(CNC(C)c2ncc(Br)cc2CN(Cc2cc(C(F)(F)F)cc(C(F)(F)F)c2)c2nnn(C)n2)CC1. The number of aromatic nitrogens is 5. The van der Waals surface area contributed by atoms with Gasteiger partial charge in [0.25, 0.3) is 5.95 Å². The van der Waals surface area contributed by atoms with Gasteiger partial charge in [-0.1, -0.05) is 5.10 Å². The number of pyridine rings is 1. The molecule has 4 rings (SSSR count). The van der Waals surface area contributed by atoms with Gasteiger partial charge < -0.3 is 15.0 Å². The van der Waals surface area contributed by atoms with Crippen molar-refractivity contribution in [1.82, 2.24) is 30.5 Å². The number of carbonyl (C=O) groups excluding carboxylic acids is 1. The lowest BCUT2D eigenvalue weighted by Crippen LogP contribution is -2.31. The highest BCUT2D eigenvalue weighted by atomic mass is 79.9. The summed E-state index contributed by atoms with van der Waals surface area (Å²) in [6.45, 7) is 4.49. The third-order valence-corrected chi connectivity index (χ3v) is 8.41. The molecule has 0 amide bonds. The first-order valence-electron chi connectivity index (χ1n) is 14.9. The first-order valence-corrected chi connectivity index (χ1v) is 15.7. The topological polar surface area (TPSA) is 98.1 Å². The molecule has 1 aromatic carbocycles. The molecule has 252 valence electrons. The number of hydrogen-bond donors (Lipinski definition) is 1. The van der Waals surface area contributed by atoms with Crippen LogP contribution in [0.1, 0.15) is 79.9 Å². The molecule has 1 unspecified atom stereocenters. The average molecular weight is 721 g/mol. The van der Waals surface area contributed by atoms with E-state index in [0.29, 0.717) is 59.3 Å². The van der Waals surface area contributed by atoms with Crippen LogP contribution < -0.4 is 10.2 Å².